The number of benzene rings is 2. The SMILES string of the molecule is CNC(=O)Oc1ccc(Nc2nc(Nc3cc4c(cc3OC)CCN(C)C4)ncc2Cl)c(P(C)(C)=O)c1. The molecule has 2 aromatic carbocycles. The van der Waals surface area contributed by atoms with Crippen molar-refractivity contribution in [3.8, 4) is 11.5 Å². The molecule has 4 rings (SSSR count). The van der Waals surface area contributed by atoms with Crippen molar-refractivity contribution in [1.29, 1.82) is 0 Å². The van der Waals surface area contributed by atoms with Crippen LogP contribution in [0.25, 0.3) is 0 Å². The number of ether oxygens (including phenoxy) is 2. The summed E-state index contributed by atoms with van der Waals surface area (Å²) in [6.45, 7) is 5.11. The number of nitrogens with zero attached hydrogens (tertiary/aromatic N) is 3. The summed E-state index contributed by atoms with van der Waals surface area (Å²) in [4.78, 5) is 22.8. The largest absolute Gasteiger partial charge is 0.495 e. The Bertz CT molecular complexity index is 1380. The van der Waals surface area contributed by atoms with Crippen molar-refractivity contribution in [2.24, 2.45) is 0 Å². The lowest BCUT2D eigenvalue weighted by molar-refractivity contribution is 0.203. The summed E-state index contributed by atoms with van der Waals surface area (Å²) in [5.41, 5.74) is 3.75. The number of carbonyl (C=O) groups is 1. The maximum atomic E-state index is 13.0. The summed E-state index contributed by atoms with van der Waals surface area (Å²) in [6.07, 6.45) is 1.83. The van der Waals surface area contributed by atoms with E-state index in [1.807, 2.05) is 0 Å². The first-order valence-corrected chi connectivity index (χ1v) is 14.6. The highest BCUT2D eigenvalue weighted by molar-refractivity contribution is 7.70. The monoisotopic (exact) mass is 544 g/mol. The molecule has 0 unspecified atom stereocenters. The van der Waals surface area contributed by atoms with Gasteiger partial charge in [-0.25, -0.2) is 9.78 Å². The first-order valence-electron chi connectivity index (χ1n) is 11.6. The molecule has 1 aliphatic heterocycles. The van der Waals surface area contributed by atoms with Gasteiger partial charge in [-0.05, 0) is 68.3 Å². The fourth-order valence-electron chi connectivity index (χ4n) is 4.04. The van der Waals surface area contributed by atoms with Gasteiger partial charge in [-0.3, -0.25) is 0 Å². The molecule has 0 atom stereocenters. The predicted molar refractivity (Wildman–Crippen MR) is 147 cm³/mol. The van der Waals surface area contributed by atoms with Gasteiger partial charge in [-0.15, -0.1) is 0 Å². The van der Waals surface area contributed by atoms with Crippen molar-refractivity contribution in [1.82, 2.24) is 20.2 Å². The van der Waals surface area contributed by atoms with Gasteiger partial charge in [0.15, 0.2) is 5.82 Å². The molecule has 1 amide bonds. The minimum atomic E-state index is -2.78. The Kier molecular flexibility index (Phi) is 7.92. The van der Waals surface area contributed by atoms with Crippen LogP contribution in [-0.4, -0.2) is 62.0 Å². The van der Waals surface area contributed by atoms with Gasteiger partial charge >= 0.3 is 6.09 Å². The number of fused-ring (bicyclic) bond motifs is 1. The normalized spacial score (nSPS) is 13.5. The lowest BCUT2D eigenvalue weighted by Crippen LogP contribution is -2.26. The summed E-state index contributed by atoms with van der Waals surface area (Å²) in [7, 11) is 2.41. The lowest BCUT2D eigenvalue weighted by atomic mass is 9.99. The van der Waals surface area contributed by atoms with Crippen LogP contribution in [0.2, 0.25) is 5.02 Å². The highest BCUT2D eigenvalue weighted by Gasteiger charge is 2.21. The standard InChI is InChI=1S/C25H30ClN6O4P/c1-27-25(33)36-17-6-7-19(22(12-17)37(4,5)34)29-23-18(26)13-28-24(31-23)30-20-10-16-14-32(2)9-8-15(16)11-21(20)35-3/h6-7,10-13H,8-9,14H2,1-5H3,(H,27,33)(H2,28,29,30,31). The van der Waals surface area contributed by atoms with Crippen molar-refractivity contribution in [2.75, 3.05) is 51.7 Å². The van der Waals surface area contributed by atoms with Gasteiger partial charge in [0.05, 0.1) is 24.7 Å². The number of methoxy groups -OCH3 is 1. The molecule has 0 bridgehead atoms. The Hall–Kier alpha value is -3.33. The van der Waals surface area contributed by atoms with E-state index in [1.54, 1.807) is 38.6 Å². The summed E-state index contributed by atoms with van der Waals surface area (Å²) >= 11 is 6.41. The molecule has 0 aliphatic carbocycles. The van der Waals surface area contributed by atoms with E-state index < -0.39 is 13.2 Å². The summed E-state index contributed by atoms with van der Waals surface area (Å²) in [5, 5.41) is 9.56. The first kappa shape index (κ1) is 26.7. The Morgan fingerprint density at radius 3 is 2.62 bits per heavy atom. The van der Waals surface area contributed by atoms with E-state index in [9.17, 15) is 9.36 Å². The van der Waals surface area contributed by atoms with E-state index >= 15 is 0 Å². The average Bonchev–Trinajstić information content (AvgIpc) is 2.85. The quantitative estimate of drug-likeness (QED) is 0.367. The van der Waals surface area contributed by atoms with Gasteiger partial charge in [-0.1, -0.05) is 11.6 Å². The third-order valence-corrected chi connectivity index (χ3v) is 7.74. The van der Waals surface area contributed by atoms with E-state index in [2.05, 4.69) is 50.0 Å². The van der Waals surface area contributed by atoms with Gasteiger partial charge < -0.3 is 34.9 Å². The third kappa shape index (κ3) is 6.33. The van der Waals surface area contributed by atoms with Crippen LogP contribution < -0.4 is 30.7 Å². The highest BCUT2D eigenvalue weighted by atomic mass is 35.5. The number of carbonyl (C=O) groups excluding carboxylic acids is 1. The van der Waals surface area contributed by atoms with E-state index in [0.29, 0.717) is 28.5 Å². The van der Waals surface area contributed by atoms with E-state index in [4.69, 9.17) is 21.1 Å². The number of hydrogen-bond donors (Lipinski definition) is 3. The van der Waals surface area contributed by atoms with Crippen LogP contribution in [0.1, 0.15) is 11.1 Å². The number of nitrogens with one attached hydrogen (secondary N) is 3. The maximum absolute atomic E-state index is 13.0. The number of anilines is 4. The van der Waals surface area contributed by atoms with E-state index in [0.717, 1.165) is 25.2 Å². The number of likely N-dealkylation sites (N-methyl/N-ethyl adjacent to an activating group) is 1. The zero-order valence-corrected chi connectivity index (χ0v) is 23.0. The summed E-state index contributed by atoms with van der Waals surface area (Å²) in [5.74, 6) is 1.60. The van der Waals surface area contributed by atoms with Gasteiger partial charge in [-0.2, -0.15) is 4.98 Å². The van der Waals surface area contributed by atoms with Crippen LogP contribution >= 0.6 is 18.7 Å². The van der Waals surface area contributed by atoms with Crippen molar-refractivity contribution >= 4 is 53.3 Å². The molecule has 3 aromatic rings. The van der Waals surface area contributed by atoms with Crippen molar-refractivity contribution in [2.45, 2.75) is 13.0 Å². The summed E-state index contributed by atoms with van der Waals surface area (Å²) < 4.78 is 23.9. The van der Waals surface area contributed by atoms with Crippen molar-refractivity contribution in [3.05, 3.63) is 52.7 Å². The molecule has 37 heavy (non-hydrogen) atoms. The van der Waals surface area contributed by atoms with Gasteiger partial charge in [0.2, 0.25) is 5.95 Å². The molecule has 0 saturated carbocycles. The second-order valence-corrected chi connectivity index (χ2v) is 12.7. The average molecular weight is 545 g/mol. The van der Waals surface area contributed by atoms with Crippen LogP contribution in [0.3, 0.4) is 0 Å². The van der Waals surface area contributed by atoms with Crippen LogP contribution in [0.4, 0.5) is 27.9 Å². The second kappa shape index (κ2) is 11.0. The lowest BCUT2D eigenvalue weighted by Gasteiger charge is -2.26. The number of halogens is 1. The molecule has 0 saturated heterocycles. The minimum absolute atomic E-state index is 0.269. The molecular formula is C25H30ClN6O4P. The molecule has 12 heteroatoms. The van der Waals surface area contributed by atoms with E-state index in [1.165, 1.54) is 24.4 Å². The fourth-order valence-corrected chi connectivity index (χ4v) is 5.33. The van der Waals surface area contributed by atoms with Crippen molar-refractivity contribution < 1.29 is 18.8 Å². The third-order valence-electron chi connectivity index (χ3n) is 5.93. The molecule has 0 spiro atoms. The Morgan fingerprint density at radius 1 is 1.14 bits per heavy atom. The number of rotatable bonds is 7. The van der Waals surface area contributed by atoms with Gasteiger partial charge in [0, 0.05) is 25.4 Å². The Labute approximate surface area is 221 Å². The fraction of sp³-hybridized carbons (Fsp3) is 0.320. The highest BCUT2D eigenvalue weighted by Crippen LogP contribution is 2.40. The molecular weight excluding hydrogens is 515 g/mol. The van der Waals surface area contributed by atoms with Gasteiger partial charge in [0.1, 0.15) is 23.7 Å². The number of aromatic nitrogens is 2. The van der Waals surface area contributed by atoms with Gasteiger partial charge in [0.25, 0.3) is 0 Å². The van der Waals surface area contributed by atoms with Crippen molar-refractivity contribution in [3.63, 3.8) is 0 Å². The zero-order valence-electron chi connectivity index (χ0n) is 21.4. The molecule has 2 heterocycles. The summed E-state index contributed by atoms with van der Waals surface area (Å²) in [6, 6.07) is 8.94. The van der Waals surface area contributed by atoms with Crippen LogP contribution in [0.15, 0.2) is 36.5 Å². The molecule has 1 aromatic heterocycles. The predicted octanol–water partition coefficient (Wildman–Crippen LogP) is 4.58. The molecule has 3 N–H and O–H groups in total. The molecule has 10 nitrogen and oxygen atoms in total. The molecule has 0 fully saturated rings. The Morgan fingerprint density at radius 2 is 1.92 bits per heavy atom. The topological polar surface area (TPSA) is 118 Å². The smallest absolute Gasteiger partial charge is 0.412 e. The zero-order chi connectivity index (χ0) is 26.7. The Balaban J connectivity index is 1.64. The first-order chi connectivity index (χ1) is 17.6. The number of amides is 1. The molecule has 196 valence electrons. The second-order valence-electron chi connectivity index (χ2n) is 9.12. The van der Waals surface area contributed by atoms with E-state index in [-0.39, 0.29) is 10.8 Å². The molecule has 0 radical (unpaired) electrons. The van der Waals surface area contributed by atoms with Crippen LogP contribution in [0.5, 0.6) is 11.5 Å². The minimum Gasteiger partial charge on any atom is -0.495 e. The number of hydrogen-bond acceptors (Lipinski definition) is 9. The maximum Gasteiger partial charge on any atom is 0.412 e. The van der Waals surface area contributed by atoms with Crippen LogP contribution in [0, 0.1) is 0 Å². The van der Waals surface area contributed by atoms with Crippen LogP contribution in [-0.2, 0) is 17.5 Å². The molecule has 1 aliphatic rings.